The van der Waals surface area contributed by atoms with Crippen molar-refractivity contribution >= 4 is 17.3 Å². The number of aryl methyl sites for hydroxylation is 1. The number of fused-ring (bicyclic) bond motifs is 1. The smallest absolute Gasteiger partial charge is 0.0200 e. The fourth-order valence-corrected chi connectivity index (χ4v) is 5.28. The normalized spacial score (nSPS) is 14.9. The zero-order valence-electron chi connectivity index (χ0n) is 22.0. The summed E-state index contributed by atoms with van der Waals surface area (Å²) in [6, 6.07) is 6.67. The van der Waals surface area contributed by atoms with Crippen molar-refractivity contribution in [3.05, 3.63) is 70.2 Å². The maximum absolute atomic E-state index is 4.15. The Balaban J connectivity index is 0.000000262. The molecule has 1 aromatic carbocycles. The van der Waals surface area contributed by atoms with Gasteiger partial charge >= 0.3 is 0 Å². The summed E-state index contributed by atoms with van der Waals surface area (Å²) < 4.78 is 0. The lowest BCUT2D eigenvalue weighted by molar-refractivity contribution is 0.646. The third kappa shape index (κ3) is 10.4. The molecule has 0 saturated carbocycles. The highest BCUT2D eigenvalue weighted by Crippen LogP contribution is 2.44. The molecule has 1 aromatic rings. The summed E-state index contributed by atoms with van der Waals surface area (Å²) in [4.78, 5) is 2.57. The molecule has 0 bridgehead atoms. The molecule has 3 rings (SSSR count). The van der Waals surface area contributed by atoms with Crippen LogP contribution in [0.15, 0.2) is 64.0 Å². The largest absolute Gasteiger partial charge is 0.0898 e. The first kappa shape index (κ1) is 28.6. The van der Waals surface area contributed by atoms with Crippen LogP contribution in [0, 0.1) is 12.8 Å². The predicted molar refractivity (Wildman–Crippen MR) is 149 cm³/mol. The highest BCUT2D eigenvalue weighted by atomic mass is 32.2. The van der Waals surface area contributed by atoms with E-state index in [1.807, 2.05) is 11.8 Å². The van der Waals surface area contributed by atoms with Crippen LogP contribution < -0.4 is 0 Å². The van der Waals surface area contributed by atoms with E-state index < -0.39 is 0 Å². The molecule has 0 unspecified atom stereocenters. The van der Waals surface area contributed by atoms with Crippen molar-refractivity contribution in [2.75, 3.05) is 0 Å². The van der Waals surface area contributed by atoms with Crippen LogP contribution in [0.5, 0.6) is 0 Å². The molecule has 1 aliphatic carbocycles. The van der Waals surface area contributed by atoms with Gasteiger partial charge in [0.05, 0.1) is 0 Å². The Morgan fingerprint density at radius 1 is 0.969 bits per heavy atom. The number of hydrogen-bond donors (Lipinski definition) is 0. The van der Waals surface area contributed by atoms with Crippen LogP contribution in [0.25, 0.3) is 5.57 Å². The lowest BCUT2D eigenvalue weighted by Crippen LogP contribution is -1.98. The Hall–Kier alpha value is -1.47. The quantitative estimate of drug-likeness (QED) is 0.371. The van der Waals surface area contributed by atoms with Gasteiger partial charge in [-0.05, 0) is 73.8 Å². The molecule has 0 radical (unpaired) electrons. The standard InChI is InChI=1S/C14H16S.C10H16.C7H16/c1-5-12-10(3)13-7-6-9(2)8-14(13)15-11(12)4;1-9(2)8-10-6-4-3-5-7-10;1-3-5-7-6-4-2/h6-8H,4-5H2,1-3H3;4,6-7,9H,3,5,8H2,1-2H3;3-7H2,1-2H3. The van der Waals surface area contributed by atoms with Crippen molar-refractivity contribution in [2.24, 2.45) is 5.92 Å². The summed E-state index contributed by atoms with van der Waals surface area (Å²) in [5.74, 6) is 0.800. The maximum atomic E-state index is 4.15. The summed E-state index contributed by atoms with van der Waals surface area (Å²) in [5.41, 5.74) is 7.05. The number of unbranched alkanes of at least 4 members (excludes halogenated alkanes) is 4. The molecule has 178 valence electrons. The van der Waals surface area contributed by atoms with Crippen molar-refractivity contribution in [3.8, 4) is 0 Å². The number of allylic oxidation sites excluding steroid dienone is 6. The molecule has 0 fully saturated rings. The Bertz CT molecular complexity index is 785. The highest BCUT2D eigenvalue weighted by molar-refractivity contribution is 8.03. The minimum Gasteiger partial charge on any atom is -0.0898 e. The zero-order chi connectivity index (χ0) is 23.9. The molecule has 0 N–H and O–H groups in total. The number of thioether (sulfide) groups is 1. The molecule has 0 nitrogen and oxygen atoms in total. The molecule has 0 aromatic heterocycles. The van der Waals surface area contributed by atoms with Gasteiger partial charge in [0.25, 0.3) is 0 Å². The highest BCUT2D eigenvalue weighted by Gasteiger charge is 2.18. The molecule has 1 heterocycles. The Morgan fingerprint density at radius 3 is 2.19 bits per heavy atom. The van der Waals surface area contributed by atoms with Crippen LogP contribution in [-0.4, -0.2) is 0 Å². The molecule has 0 saturated heterocycles. The van der Waals surface area contributed by atoms with E-state index in [1.165, 1.54) is 89.0 Å². The first-order valence-corrected chi connectivity index (χ1v) is 13.7. The predicted octanol–water partition coefficient (Wildman–Crippen LogP) is 11.1. The van der Waals surface area contributed by atoms with Gasteiger partial charge in [0.2, 0.25) is 0 Å². The van der Waals surface area contributed by atoms with E-state index in [2.05, 4.69) is 91.5 Å². The van der Waals surface area contributed by atoms with Gasteiger partial charge in [0.1, 0.15) is 0 Å². The molecule has 0 atom stereocenters. The first-order chi connectivity index (χ1) is 15.3. The van der Waals surface area contributed by atoms with Gasteiger partial charge in [-0.25, -0.2) is 0 Å². The average Bonchev–Trinajstić information content (AvgIpc) is 2.75. The van der Waals surface area contributed by atoms with E-state index in [-0.39, 0.29) is 0 Å². The van der Waals surface area contributed by atoms with E-state index in [9.17, 15) is 0 Å². The third-order valence-electron chi connectivity index (χ3n) is 5.84. The van der Waals surface area contributed by atoms with Crippen molar-refractivity contribution in [3.63, 3.8) is 0 Å². The summed E-state index contributed by atoms with van der Waals surface area (Å²) in [7, 11) is 0. The van der Waals surface area contributed by atoms with E-state index in [0.29, 0.717) is 0 Å². The lowest BCUT2D eigenvalue weighted by Gasteiger charge is -2.22. The minimum absolute atomic E-state index is 0.800. The number of hydrogen-bond acceptors (Lipinski definition) is 1. The van der Waals surface area contributed by atoms with Crippen LogP contribution in [0.2, 0.25) is 0 Å². The van der Waals surface area contributed by atoms with Crippen LogP contribution in [-0.2, 0) is 0 Å². The molecule has 1 aliphatic heterocycles. The van der Waals surface area contributed by atoms with Gasteiger partial charge in [-0.3, -0.25) is 0 Å². The monoisotopic (exact) mass is 452 g/mol. The summed E-state index contributed by atoms with van der Waals surface area (Å²) in [6.07, 6.45) is 18.7. The third-order valence-corrected chi connectivity index (χ3v) is 6.89. The van der Waals surface area contributed by atoms with Gasteiger partial charge in [-0.15, -0.1) is 0 Å². The average molecular weight is 453 g/mol. The lowest BCUT2D eigenvalue weighted by atomic mass is 9.98. The Morgan fingerprint density at radius 2 is 1.66 bits per heavy atom. The van der Waals surface area contributed by atoms with Crippen LogP contribution in [0.1, 0.15) is 110 Å². The van der Waals surface area contributed by atoms with Crippen molar-refractivity contribution in [1.29, 1.82) is 0 Å². The van der Waals surface area contributed by atoms with E-state index in [0.717, 1.165) is 12.3 Å². The van der Waals surface area contributed by atoms with Crippen LogP contribution >= 0.6 is 11.8 Å². The molecule has 0 amide bonds. The van der Waals surface area contributed by atoms with Gasteiger partial charge in [0, 0.05) is 9.80 Å². The molecule has 0 spiro atoms. The second-order valence-electron chi connectivity index (χ2n) is 9.40. The number of benzene rings is 1. The summed E-state index contributed by atoms with van der Waals surface area (Å²) in [6.45, 7) is 19.7. The minimum atomic E-state index is 0.800. The summed E-state index contributed by atoms with van der Waals surface area (Å²) >= 11 is 1.81. The molecular formula is C31H48S. The molecule has 1 heteroatoms. The van der Waals surface area contributed by atoms with E-state index in [4.69, 9.17) is 0 Å². The topological polar surface area (TPSA) is 0 Å². The maximum Gasteiger partial charge on any atom is 0.0200 e. The van der Waals surface area contributed by atoms with Gasteiger partial charge in [0.15, 0.2) is 0 Å². The SMILES string of the molecule is C=C1Sc2cc(C)ccc2C(C)=C1CC.CC(C)CC1=CCCC=C1.CCCCCCC. The Kier molecular flexibility index (Phi) is 14.5. The van der Waals surface area contributed by atoms with E-state index in [1.54, 1.807) is 0 Å². The summed E-state index contributed by atoms with van der Waals surface area (Å²) in [5, 5.41) is 0. The second-order valence-corrected chi connectivity index (χ2v) is 10.5. The van der Waals surface area contributed by atoms with Gasteiger partial charge in [-0.2, -0.15) is 0 Å². The first-order valence-electron chi connectivity index (χ1n) is 12.9. The van der Waals surface area contributed by atoms with Crippen LogP contribution in [0.4, 0.5) is 0 Å². The second kappa shape index (κ2) is 16.2. The molecule has 2 aliphatic rings. The van der Waals surface area contributed by atoms with Gasteiger partial charge < -0.3 is 0 Å². The van der Waals surface area contributed by atoms with Crippen molar-refractivity contribution < 1.29 is 0 Å². The fourth-order valence-electron chi connectivity index (χ4n) is 4.02. The Labute approximate surface area is 204 Å². The van der Waals surface area contributed by atoms with Crippen LogP contribution in [0.3, 0.4) is 0 Å². The zero-order valence-corrected chi connectivity index (χ0v) is 22.8. The number of rotatable bonds is 7. The van der Waals surface area contributed by atoms with Crippen molar-refractivity contribution in [2.45, 2.75) is 111 Å². The van der Waals surface area contributed by atoms with Crippen molar-refractivity contribution in [1.82, 2.24) is 0 Å². The van der Waals surface area contributed by atoms with E-state index >= 15 is 0 Å². The fraction of sp³-hybridized carbons (Fsp3) is 0.548. The molecule has 32 heavy (non-hydrogen) atoms. The van der Waals surface area contributed by atoms with Gasteiger partial charge in [-0.1, -0.05) is 121 Å². The molecular weight excluding hydrogens is 404 g/mol.